The van der Waals surface area contributed by atoms with Crippen LogP contribution < -0.4 is 10.6 Å². The topological polar surface area (TPSA) is 101 Å². The highest BCUT2D eigenvalue weighted by molar-refractivity contribution is 7.98. The minimum Gasteiger partial charge on any atom is -0.351 e. The van der Waals surface area contributed by atoms with Crippen molar-refractivity contribution < 1.29 is 14.5 Å². The van der Waals surface area contributed by atoms with Crippen molar-refractivity contribution in [2.24, 2.45) is 0 Å². The third-order valence-corrected chi connectivity index (χ3v) is 3.62. The molecule has 1 aromatic carbocycles. The molecule has 124 valence electrons. The molecule has 0 radical (unpaired) electrons. The van der Waals surface area contributed by atoms with Gasteiger partial charge >= 0.3 is 0 Å². The molecule has 0 heterocycles. The Morgan fingerprint density at radius 3 is 2.83 bits per heavy atom. The van der Waals surface area contributed by atoms with E-state index in [4.69, 9.17) is 0 Å². The number of hydrogen-bond donors (Lipinski definition) is 2. The highest BCUT2D eigenvalue weighted by atomic mass is 32.2. The monoisotopic (exact) mass is 337 g/mol. The number of non-ortho nitro benzene ring substituents is 1. The molecule has 8 heteroatoms. The van der Waals surface area contributed by atoms with E-state index in [0.717, 1.165) is 0 Å². The molecular formula is C15H19N3O4S. The smallest absolute Gasteiger partial charge is 0.270 e. The van der Waals surface area contributed by atoms with Gasteiger partial charge in [-0.15, -0.1) is 6.58 Å². The SMILES string of the molecule is C=CCNC(=O)[C@H](CCSC)NC(=O)c1cccc([N+](=O)[O-])c1. The summed E-state index contributed by atoms with van der Waals surface area (Å²) in [4.78, 5) is 34.5. The summed E-state index contributed by atoms with van der Waals surface area (Å²) in [5.74, 6) is -0.132. The number of carbonyl (C=O) groups excluding carboxylic acids is 2. The van der Waals surface area contributed by atoms with E-state index in [1.54, 1.807) is 17.8 Å². The fourth-order valence-corrected chi connectivity index (χ4v) is 2.27. The average molecular weight is 337 g/mol. The summed E-state index contributed by atoms with van der Waals surface area (Å²) >= 11 is 1.56. The van der Waals surface area contributed by atoms with Gasteiger partial charge in [-0.3, -0.25) is 19.7 Å². The molecule has 0 aliphatic heterocycles. The maximum absolute atomic E-state index is 12.2. The van der Waals surface area contributed by atoms with Crippen molar-refractivity contribution >= 4 is 29.3 Å². The number of benzene rings is 1. The van der Waals surface area contributed by atoms with E-state index in [2.05, 4.69) is 17.2 Å². The Morgan fingerprint density at radius 2 is 2.22 bits per heavy atom. The molecule has 0 aliphatic rings. The molecular weight excluding hydrogens is 318 g/mol. The third-order valence-electron chi connectivity index (χ3n) is 2.97. The van der Waals surface area contributed by atoms with Crippen LogP contribution >= 0.6 is 11.8 Å². The second kappa shape index (κ2) is 9.62. The zero-order valence-electron chi connectivity index (χ0n) is 12.8. The summed E-state index contributed by atoms with van der Waals surface area (Å²) in [6.07, 6.45) is 3.91. The van der Waals surface area contributed by atoms with Gasteiger partial charge in [0.05, 0.1) is 4.92 Å². The molecule has 23 heavy (non-hydrogen) atoms. The number of rotatable bonds is 9. The second-order valence-electron chi connectivity index (χ2n) is 4.65. The first-order valence-electron chi connectivity index (χ1n) is 6.92. The molecule has 0 saturated carbocycles. The zero-order valence-corrected chi connectivity index (χ0v) is 13.6. The highest BCUT2D eigenvalue weighted by Crippen LogP contribution is 2.13. The van der Waals surface area contributed by atoms with Gasteiger partial charge in [-0.25, -0.2) is 0 Å². The first-order valence-corrected chi connectivity index (χ1v) is 8.31. The maximum Gasteiger partial charge on any atom is 0.270 e. The molecule has 2 N–H and O–H groups in total. The zero-order chi connectivity index (χ0) is 17.2. The first-order chi connectivity index (χ1) is 11.0. The van der Waals surface area contributed by atoms with Gasteiger partial charge in [0.15, 0.2) is 0 Å². The minimum absolute atomic E-state index is 0.143. The Bertz CT molecular complexity index is 592. The van der Waals surface area contributed by atoms with Gasteiger partial charge in [0.1, 0.15) is 6.04 Å². The lowest BCUT2D eigenvalue weighted by molar-refractivity contribution is -0.384. The minimum atomic E-state index is -0.700. The lowest BCUT2D eigenvalue weighted by Crippen LogP contribution is -2.47. The average Bonchev–Trinajstić information content (AvgIpc) is 2.56. The van der Waals surface area contributed by atoms with E-state index in [1.807, 2.05) is 6.26 Å². The number of nitrogens with zero attached hydrogens (tertiary/aromatic N) is 1. The standard InChI is InChI=1S/C15H19N3O4S/c1-3-8-16-15(20)13(7-9-23-2)17-14(19)11-5-4-6-12(10-11)18(21)22/h3-6,10,13H,1,7-9H2,2H3,(H,16,20)(H,17,19)/t13-/m0/s1. The van der Waals surface area contributed by atoms with Crippen molar-refractivity contribution in [3.05, 3.63) is 52.6 Å². The van der Waals surface area contributed by atoms with Gasteiger partial charge in [0.25, 0.3) is 11.6 Å². The molecule has 1 atom stereocenters. The number of carbonyl (C=O) groups is 2. The van der Waals surface area contributed by atoms with Crippen molar-refractivity contribution in [1.82, 2.24) is 10.6 Å². The van der Waals surface area contributed by atoms with Crippen molar-refractivity contribution in [2.75, 3.05) is 18.6 Å². The maximum atomic E-state index is 12.2. The van der Waals surface area contributed by atoms with E-state index >= 15 is 0 Å². The summed E-state index contributed by atoms with van der Waals surface area (Å²) in [7, 11) is 0. The van der Waals surface area contributed by atoms with Gasteiger partial charge in [0, 0.05) is 24.2 Å². The predicted molar refractivity (Wildman–Crippen MR) is 90.6 cm³/mol. The third kappa shape index (κ3) is 6.11. The summed E-state index contributed by atoms with van der Waals surface area (Å²) < 4.78 is 0. The molecule has 0 saturated heterocycles. The molecule has 0 spiro atoms. The van der Waals surface area contributed by atoms with Crippen molar-refractivity contribution in [3.63, 3.8) is 0 Å². The number of thioether (sulfide) groups is 1. The largest absolute Gasteiger partial charge is 0.351 e. The first kappa shape index (κ1) is 18.7. The number of hydrogen-bond acceptors (Lipinski definition) is 5. The van der Waals surface area contributed by atoms with Crippen LogP contribution in [-0.2, 0) is 4.79 Å². The van der Waals surface area contributed by atoms with E-state index in [9.17, 15) is 19.7 Å². The van der Waals surface area contributed by atoms with E-state index in [0.29, 0.717) is 18.7 Å². The lowest BCUT2D eigenvalue weighted by Gasteiger charge is -2.17. The van der Waals surface area contributed by atoms with Crippen molar-refractivity contribution in [3.8, 4) is 0 Å². The molecule has 1 rings (SSSR count). The quantitative estimate of drug-likeness (QED) is 0.406. The van der Waals surface area contributed by atoms with Crippen LogP contribution in [0.15, 0.2) is 36.9 Å². The van der Waals surface area contributed by atoms with Crippen molar-refractivity contribution in [1.29, 1.82) is 0 Å². The van der Waals surface area contributed by atoms with Crippen LogP contribution in [0.25, 0.3) is 0 Å². The normalized spacial score (nSPS) is 11.3. The number of amides is 2. The van der Waals surface area contributed by atoms with Crippen LogP contribution in [-0.4, -0.2) is 41.3 Å². The van der Waals surface area contributed by atoms with Crippen LogP contribution in [0, 0.1) is 10.1 Å². The van der Waals surface area contributed by atoms with Crippen LogP contribution in [0.3, 0.4) is 0 Å². The number of nitro groups is 1. The van der Waals surface area contributed by atoms with E-state index in [-0.39, 0.29) is 17.2 Å². The van der Waals surface area contributed by atoms with Crippen LogP contribution in [0.4, 0.5) is 5.69 Å². The number of nitro benzene ring substituents is 1. The molecule has 0 bridgehead atoms. The fraction of sp³-hybridized carbons (Fsp3) is 0.333. The summed E-state index contributed by atoms with van der Waals surface area (Å²) in [5.41, 5.74) is -0.0284. The molecule has 0 unspecified atom stereocenters. The second-order valence-corrected chi connectivity index (χ2v) is 5.63. The van der Waals surface area contributed by atoms with E-state index < -0.39 is 16.9 Å². The molecule has 1 aromatic rings. The predicted octanol–water partition coefficient (Wildman–Crippen LogP) is 1.75. The Kier molecular flexibility index (Phi) is 7.82. The highest BCUT2D eigenvalue weighted by Gasteiger charge is 2.21. The van der Waals surface area contributed by atoms with Gasteiger partial charge in [-0.2, -0.15) is 11.8 Å². The van der Waals surface area contributed by atoms with Gasteiger partial charge in [0.2, 0.25) is 5.91 Å². The van der Waals surface area contributed by atoms with E-state index in [1.165, 1.54) is 24.3 Å². The van der Waals surface area contributed by atoms with Gasteiger partial charge in [-0.05, 0) is 24.5 Å². The molecule has 0 aliphatic carbocycles. The van der Waals surface area contributed by atoms with Gasteiger partial charge in [-0.1, -0.05) is 12.1 Å². The molecule has 0 fully saturated rings. The fourth-order valence-electron chi connectivity index (χ4n) is 1.80. The molecule has 0 aromatic heterocycles. The van der Waals surface area contributed by atoms with Crippen LogP contribution in [0.5, 0.6) is 0 Å². The molecule has 2 amide bonds. The Labute approximate surface area is 138 Å². The summed E-state index contributed by atoms with van der Waals surface area (Å²) in [5, 5.41) is 16.0. The molecule has 7 nitrogen and oxygen atoms in total. The van der Waals surface area contributed by atoms with Crippen molar-refractivity contribution in [2.45, 2.75) is 12.5 Å². The lowest BCUT2D eigenvalue weighted by atomic mass is 10.1. The Hall–Kier alpha value is -2.35. The Morgan fingerprint density at radius 1 is 1.48 bits per heavy atom. The Balaban J connectivity index is 2.82. The van der Waals surface area contributed by atoms with Crippen LogP contribution in [0.1, 0.15) is 16.8 Å². The van der Waals surface area contributed by atoms with Crippen LogP contribution in [0.2, 0.25) is 0 Å². The summed E-state index contributed by atoms with van der Waals surface area (Å²) in [6.45, 7) is 3.83. The summed E-state index contributed by atoms with van der Waals surface area (Å²) in [6, 6.07) is 4.69. The van der Waals surface area contributed by atoms with Gasteiger partial charge < -0.3 is 10.6 Å². The number of nitrogens with one attached hydrogen (secondary N) is 2.